The average Bonchev–Trinajstić information content (AvgIpc) is 2.57. The number of methoxy groups -OCH3 is 1. The molecule has 4 heteroatoms. The third-order valence-corrected chi connectivity index (χ3v) is 2.31. The summed E-state index contributed by atoms with van der Waals surface area (Å²) in [5, 5.41) is 7.80. The standard InChI is InChI=1S/C11H21N3O/c1-4-5-12-8-11-9-14(6-7-15-3)13-10(11)2/h9,12H,4-8H2,1-3H3. The van der Waals surface area contributed by atoms with Gasteiger partial charge in [-0.2, -0.15) is 5.10 Å². The van der Waals surface area contributed by atoms with Crippen molar-refractivity contribution in [3.05, 3.63) is 17.5 Å². The van der Waals surface area contributed by atoms with E-state index in [2.05, 4.69) is 23.5 Å². The van der Waals surface area contributed by atoms with Crippen LogP contribution in [0.1, 0.15) is 24.6 Å². The SMILES string of the molecule is CCCNCc1cn(CCOC)nc1C. The second-order valence-electron chi connectivity index (χ2n) is 3.67. The van der Waals surface area contributed by atoms with E-state index in [4.69, 9.17) is 4.74 Å². The van der Waals surface area contributed by atoms with Crippen molar-refractivity contribution in [2.24, 2.45) is 0 Å². The highest BCUT2D eigenvalue weighted by atomic mass is 16.5. The van der Waals surface area contributed by atoms with Gasteiger partial charge in [0.05, 0.1) is 18.8 Å². The summed E-state index contributed by atoms with van der Waals surface area (Å²) in [6, 6.07) is 0. The van der Waals surface area contributed by atoms with Crippen molar-refractivity contribution >= 4 is 0 Å². The number of nitrogens with zero attached hydrogens (tertiary/aromatic N) is 2. The molecule has 1 aromatic rings. The van der Waals surface area contributed by atoms with Crippen molar-refractivity contribution in [1.82, 2.24) is 15.1 Å². The van der Waals surface area contributed by atoms with Gasteiger partial charge in [-0.25, -0.2) is 0 Å². The lowest BCUT2D eigenvalue weighted by Gasteiger charge is -2.00. The van der Waals surface area contributed by atoms with Gasteiger partial charge < -0.3 is 10.1 Å². The molecule has 0 radical (unpaired) electrons. The monoisotopic (exact) mass is 211 g/mol. The summed E-state index contributed by atoms with van der Waals surface area (Å²) in [7, 11) is 1.71. The van der Waals surface area contributed by atoms with E-state index in [-0.39, 0.29) is 0 Å². The van der Waals surface area contributed by atoms with E-state index in [1.165, 1.54) is 5.56 Å². The zero-order valence-corrected chi connectivity index (χ0v) is 9.92. The molecule has 0 aliphatic carbocycles. The zero-order valence-electron chi connectivity index (χ0n) is 9.92. The van der Waals surface area contributed by atoms with Crippen LogP contribution in [0.25, 0.3) is 0 Å². The molecule has 0 aliphatic rings. The fourth-order valence-corrected chi connectivity index (χ4v) is 1.43. The third kappa shape index (κ3) is 4.01. The average molecular weight is 211 g/mol. The fourth-order valence-electron chi connectivity index (χ4n) is 1.43. The second-order valence-corrected chi connectivity index (χ2v) is 3.67. The van der Waals surface area contributed by atoms with Gasteiger partial charge in [0.2, 0.25) is 0 Å². The van der Waals surface area contributed by atoms with Gasteiger partial charge in [0.15, 0.2) is 0 Å². The van der Waals surface area contributed by atoms with Crippen LogP contribution < -0.4 is 5.32 Å². The minimum absolute atomic E-state index is 0.711. The number of aryl methyl sites for hydroxylation is 1. The van der Waals surface area contributed by atoms with Crippen molar-refractivity contribution in [3.63, 3.8) is 0 Å². The normalized spacial score (nSPS) is 10.9. The predicted molar refractivity (Wildman–Crippen MR) is 60.8 cm³/mol. The maximum absolute atomic E-state index is 5.02. The number of hydrogen-bond donors (Lipinski definition) is 1. The molecule has 1 N–H and O–H groups in total. The van der Waals surface area contributed by atoms with E-state index in [9.17, 15) is 0 Å². The molecule has 0 aliphatic heterocycles. The second kappa shape index (κ2) is 6.58. The van der Waals surface area contributed by atoms with Gasteiger partial charge >= 0.3 is 0 Å². The summed E-state index contributed by atoms with van der Waals surface area (Å²) in [5.74, 6) is 0. The summed E-state index contributed by atoms with van der Waals surface area (Å²) >= 11 is 0. The molecule has 0 saturated carbocycles. The Balaban J connectivity index is 2.45. The summed E-state index contributed by atoms with van der Waals surface area (Å²) in [4.78, 5) is 0. The molecule has 86 valence electrons. The van der Waals surface area contributed by atoms with Gasteiger partial charge in [-0.05, 0) is 19.9 Å². The van der Waals surface area contributed by atoms with Gasteiger partial charge in [0, 0.05) is 25.4 Å². The Kier molecular flexibility index (Phi) is 5.36. The van der Waals surface area contributed by atoms with E-state index in [0.717, 1.165) is 31.7 Å². The highest BCUT2D eigenvalue weighted by Gasteiger charge is 2.03. The van der Waals surface area contributed by atoms with Crippen molar-refractivity contribution < 1.29 is 4.74 Å². The van der Waals surface area contributed by atoms with Gasteiger partial charge in [0.1, 0.15) is 0 Å². The van der Waals surface area contributed by atoms with Gasteiger partial charge in [-0.15, -0.1) is 0 Å². The molecule has 1 rings (SSSR count). The Morgan fingerprint density at radius 3 is 3.00 bits per heavy atom. The molecule has 0 aromatic carbocycles. The van der Waals surface area contributed by atoms with E-state index in [1.807, 2.05) is 11.6 Å². The maximum Gasteiger partial charge on any atom is 0.0658 e. The van der Waals surface area contributed by atoms with Crippen molar-refractivity contribution in [2.75, 3.05) is 20.3 Å². The van der Waals surface area contributed by atoms with Gasteiger partial charge in [-0.3, -0.25) is 4.68 Å². The maximum atomic E-state index is 5.02. The molecular weight excluding hydrogens is 190 g/mol. The first kappa shape index (κ1) is 12.2. The van der Waals surface area contributed by atoms with Crippen LogP contribution in [0.5, 0.6) is 0 Å². The summed E-state index contributed by atoms with van der Waals surface area (Å²) in [6.07, 6.45) is 3.26. The Bertz CT molecular complexity index is 283. The quantitative estimate of drug-likeness (QED) is 0.692. The van der Waals surface area contributed by atoms with Crippen LogP contribution in [0.3, 0.4) is 0 Å². The first-order valence-corrected chi connectivity index (χ1v) is 5.50. The molecule has 0 fully saturated rings. The Hall–Kier alpha value is -0.870. The molecule has 1 aromatic heterocycles. The van der Waals surface area contributed by atoms with Gasteiger partial charge in [0.25, 0.3) is 0 Å². The lowest BCUT2D eigenvalue weighted by Crippen LogP contribution is -2.13. The summed E-state index contributed by atoms with van der Waals surface area (Å²) in [6.45, 7) is 7.72. The van der Waals surface area contributed by atoms with Crippen LogP contribution in [0.4, 0.5) is 0 Å². The Morgan fingerprint density at radius 2 is 2.33 bits per heavy atom. The zero-order chi connectivity index (χ0) is 11.1. The highest BCUT2D eigenvalue weighted by molar-refractivity contribution is 5.14. The summed E-state index contributed by atoms with van der Waals surface area (Å²) in [5.41, 5.74) is 2.38. The number of aromatic nitrogens is 2. The van der Waals surface area contributed by atoms with Crippen molar-refractivity contribution in [2.45, 2.75) is 33.4 Å². The van der Waals surface area contributed by atoms with E-state index in [0.29, 0.717) is 6.61 Å². The lowest BCUT2D eigenvalue weighted by molar-refractivity contribution is 0.183. The topological polar surface area (TPSA) is 39.1 Å². The van der Waals surface area contributed by atoms with Crippen molar-refractivity contribution in [1.29, 1.82) is 0 Å². The van der Waals surface area contributed by atoms with Crippen LogP contribution >= 0.6 is 0 Å². The Labute approximate surface area is 91.6 Å². The van der Waals surface area contributed by atoms with Crippen LogP contribution in [-0.2, 0) is 17.8 Å². The molecular formula is C11H21N3O. The number of hydrogen-bond acceptors (Lipinski definition) is 3. The number of ether oxygens (including phenoxy) is 1. The minimum atomic E-state index is 0.711. The number of rotatable bonds is 7. The molecule has 0 atom stereocenters. The molecule has 0 amide bonds. The molecule has 0 unspecified atom stereocenters. The van der Waals surface area contributed by atoms with E-state index < -0.39 is 0 Å². The van der Waals surface area contributed by atoms with Crippen LogP contribution in [0, 0.1) is 6.92 Å². The summed E-state index contributed by atoms with van der Waals surface area (Å²) < 4.78 is 6.96. The molecule has 1 heterocycles. The fraction of sp³-hybridized carbons (Fsp3) is 0.727. The lowest BCUT2D eigenvalue weighted by atomic mass is 10.2. The predicted octanol–water partition coefficient (Wildman–Crippen LogP) is 1.34. The minimum Gasteiger partial charge on any atom is -0.383 e. The highest BCUT2D eigenvalue weighted by Crippen LogP contribution is 2.04. The van der Waals surface area contributed by atoms with E-state index in [1.54, 1.807) is 7.11 Å². The van der Waals surface area contributed by atoms with Crippen LogP contribution in [0.2, 0.25) is 0 Å². The number of nitrogens with one attached hydrogen (secondary N) is 1. The largest absolute Gasteiger partial charge is 0.383 e. The molecule has 4 nitrogen and oxygen atoms in total. The molecule has 0 saturated heterocycles. The van der Waals surface area contributed by atoms with E-state index >= 15 is 0 Å². The molecule has 0 bridgehead atoms. The van der Waals surface area contributed by atoms with Crippen molar-refractivity contribution in [3.8, 4) is 0 Å². The Morgan fingerprint density at radius 1 is 1.53 bits per heavy atom. The van der Waals surface area contributed by atoms with Crippen LogP contribution in [0.15, 0.2) is 6.20 Å². The van der Waals surface area contributed by atoms with Crippen LogP contribution in [-0.4, -0.2) is 30.0 Å². The molecule has 0 spiro atoms. The third-order valence-electron chi connectivity index (χ3n) is 2.31. The first-order valence-electron chi connectivity index (χ1n) is 5.50. The first-order chi connectivity index (χ1) is 7.27. The van der Waals surface area contributed by atoms with Gasteiger partial charge in [-0.1, -0.05) is 6.92 Å². The smallest absolute Gasteiger partial charge is 0.0658 e. The molecule has 15 heavy (non-hydrogen) atoms.